The van der Waals surface area contributed by atoms with Gasteiger partial charge >= 0.3 is 0 Å². The van der Waals surface area contributed by atoms with Gasteiger partial charge < -0.3 is 16.2 Å². The van der Waals surface area contributed by atoms with Crippen LogP contribution in [0.1, 0.15) is 39.5 Å². The lowest BCUT2D eigenvalue weighted by Gasteiger charge is -2.30. The Kier molecular flexibility index (Phi) is 6.23. The largest absolute Gasteiger partial charge is 0.383 e. The maximum absolute atomic E-state index is 11.2. The molecule has 5 heteroatoms. The summed E-state index contributed by atoms with van der Waals surface area (Å²) in [5.74, 6) is 0.406. The summed E-state index contributed by atoms with van der Waals surface area (Å²) in [7, 11) is 1.73. The van der Waals surface area contributed by atoms with Crippen LogP contribution in [0.5, 0.6) is 0 Å². The number of amides is 1. The molecule has 0 aromatic rings. The molecule has 1 fully saturated rings. The van der Waals surface area contributed by atoms with Gasteiger partial charge in [-0.15, -0.1) is 0 Å². The molecule has 0 aliphatic heterocycles. The van der Waals surface area contributed by atoms with Crippen molar-refractivity contribution in [1.29, 1.82) is 0 Å². The Bertz CT molecular complexity index is 290. The molecule has 0 aromatic heterocycles. The summed E-state index contributed by atoms with van der Waals surface area (Å²) in [5.41, 5.74) is 10.3. The molecule has 112 valence electrons. The highest BCUT2D eigenvalue weighted by Crippen LogP contribution is 2.35. The number of methoxy groups -OCH3 is 1. The van der Waals surface area contributed by atoms with Crippen molar-refractivity contribution in [2.75, 3.05) is 26.8 Å². The zero-order valence-electron chi connectivity index (χ0n) is 12.5. The van der Waals surface area contributed by atoms with Crippen LogP contribution in [0.3, 0.4) is 0 Å². The summed E-state index contributed by atoms with van der Waals surface area (Å²) >= 11 is 0. The first kappa shape index (κ1) is 16.4. The number of nitrogens with two attached hydrogens (primary N) is 2. The van der Waals surface area contributed by atoms with E-state index in [-0.39, 0.29) is 0 Å². The lowest BCUT2D eigenvalue weighted by atomic mass is 9.96. The van der Waals surface area contributed by atoms with Crippen molar-refractivity contribution in [3.8, 4) is 0 Å². The Hall–Kier alpha value is -0.650. The summed E-state index contributed by atoms with van der Waals surface area (Å²) in [6.45, 7) is 6.61. The predicted octanol–water partition coefficient (Wildman–Crippen LogP) is 0.716. The van der Waals surface area contributed by atoms with Gasteiger partial charge in [-0.25, -0.2) is 0 Å². The van der Waals surface area contributed by atoms with Gasteiger partial charge in [0, 0.05) is 19.7 Å². The van der Waals surface area contributed by atoms with E-state index in [2.05, 4.69) is 11.8 Å². The van der Waals surface area contributed by atoms with Gasteiger partial charge in [-0.2, -0.15) is 0 Å². The Morgan fingerprint density at radius 2 is 2.11 bits per heavy atom. The van der Waals surface area contributed by atoms with Crippen LogP contribution in [0.15, 0.2) is 0 Å². The van der Waals surface area contributed by atoms with Crippen LogP contribution >= 0.6 is 0 Å². The highest BCUT2D eigenvalue weighted by molar-refractivity contribution is 5.83. The number of nitrogens with zero attached hydrogens (tertiary/aromatic N) is 1. The van der Waals surface area contributed by atoms with Crippen LogP contribution < -0.4 is 11.5 Å². The molecule has 1 amide bonds. The van der Waals surface area contributed by atoms with E-state index in [9.17, 15) is 4.79 Å². The van der Waals surface area contributed by atoms with Crippen LogP contribution in [-0.2, 0) is 9.53 Å². The van der Waals surface area contributed by atoms with Crippen LogP contribution in [0, 0.1) is 5.92 Å². The van der Waals surface area contributed by atoms with Crippen LogP contribution in [-0.4, -0.2) is 49.2 Å². The van der Waals surface area contributed by atoms with E-state index in [4.69, 9.17) is 16.2 Å². The van der Waals surface area contributed by atoms with Gasteiger partial charge in [0.15, 0.2) is 0 Å². The van der Waals surface area contributed by atoms with Crippen molar-refractivity contribution in [2.45, 2.75) is 51.1 Å². The molecule has 1 aliphatic rings. The highest BCUT2D eigenvalue weighted by atomic mass is 16.5. The van der Waals surface area contributed by atoms with Crippen molar-refractivity contribution in [3.63, 3.8) is 0 Å². The topological polar surface area (TPSA) is 81.6 Å². The number of rotatable bonds is 10. The van der Waals surface area contributed by atoms with Gasteiger partial charge in [0.2, 0.25) is 5.91 Å². The average molecular weight is 271 g/mol. The van der Waals surface area contributed by atoms with E-state index in [1.54, 1.807) is 14.0 Å². The predicted molar refractivity (Wildman–Crippen MR) is 76.7 cm³/mol. The van der Waals surface area contributed by atoms with Crippen LogP contribution in [0.25, 0.3) is 0 Å². The first-order valence-electron chi connectivity index (χ1n) is 7.20. The van der Waals surface area contributed by atoms with E-state index in [0.717, 1.165) is 32.0 Å². The van der Waals surface area contributed by atoms with E-state index < -0.39 is 11.4 Å². The van der Waals surface area contributed by atoms with Crippen LogP contribution in [0.2, 0.25) is 0 Å². The molecule has 1 aliphatic carbocycles. The SMILES string of the molecule is COCCN(CCCC(C)(N)C(N)=O)C(C)C1CC1. The van der Waals surface area contributed by atoms with E-state index in [1.807, 2.05) is 0 Å². The molecule has 4 N–H and O–H groups in total. The number of carbonyl (C=O) groups excluding carboxylic acids is 1. The van der Waals surface area contributed by atoms with Crippen molar-refractivity contribution in [2.24, 2.45) is 17.4 Å². The minimum Gasteiger partial charge on any atom is -0.383 e. The molecule has 0 aromatic carbocycles. The van der Waals surface area contributed by atoms with Gasteiger partial charge in [0.05, 0.1) is 12.1 Å². The summed E-state index contributed by atoms with van der Waals surface area (Å²) in [5, 5.41) is 0. The molecule has 2 atom stereocenters. The maximum Gasteiger partial charge on any atom is 0.237 e. The molecule has 5 nitrogen and oxygen atoms in total. The number of hydrogen-bond donors (Lipinski definition) is 2. The zero-order chi connectivity index (χ0) is 14.5. The number of carbonyl (C=O) groups is 1. The molecule has 0 saturated heterocycles. The number of ether oxygens (including phenoxy) is 1. The van der Waals surface area contributed by atoms with Gasteiger partial charge in [-0.05, 0) is 52.0 Å². The lowest BCUT2D eigenvalue weighted by Crippen LogP contribution is -2.49. The molecule has 0 spiro atoms. The van der Waals surface area contributed by atoms with Gasteiger partial charge in [0.25, 0.3) is 0 Å². The van der Waals surface area contributed by atoms with Gasteiger partial charge in [-0.1, -0.05) is 0 Å². The molecule has 0 heterocycles. The Morgan fingerprint density at radius 1 is 1.47 bits per heavy atom. The highest BCUT2D eigenvalue weighted by Gasteiger charge is 2.32. The Labute approximate surface area is 116 Å². The molecular formula is C14H29N3O2. The standard InChI is InChI=1S/C14H29N3O2/c1-11(12-5-6-12)17(9-10-19-3)8-4-7-14(2,16)13(15)18/h11-12H,4-10,16H2,1-3H3,(H2,15,18). The quantitative estimate of drug-likeness (QED) is 0.613. The van der Waals surface area contributed by atoms with E-state index in [0.29, 0.717) is 12.5 Å². The minimum absolute atomic E-state index is 0.425. The summed E-state index contributed by atoms with van der Waals surface area (Å²) in [6.07, 6.45) is 4.18. The second-order valence-electron chi connectivity index (χ2n) is 5.99. The fourth-order valence-electron chi connectivity index (χ4n) is 2.38. The third-order valence-electron chi connectivity index (χ3n) is 4.17. The van der Waals surface area contributed by atoms with E-state index in [1.165, 1.54) is 12.8 Å². The molecular weight excluding hydrogens is 242 g/mol. The van der Waals surface area contributed by atoms with Crippen molar-refractivity contribution in [3.05, 3.63) is 0 Å². The summed E-state index contributed by atoms with van der Waals surface area (Å²) in [4.78, 5) is 13.6. The van der Waals surface area contributed by atoms with E-state index >= 15 is 0 Å². The first-order valence-corrected chi connectivity index (χ1v) is 7.20. The molecule has 1 saturated carbocycles. The fourth-order valence-corrected chi connectivity index (χ4v) is 2.38. The second kappa shape index (κ2) is 7.22. The third-order valence-corrected chi connectivity index (χ3v) is 4.17. The maximum atomic E-state index is 11.2. The number of primary amides is 1. The Balaban J connectivity index is 2.37. The monoisotopic (exact) mass is 271 g/mol. The van der Waals surface area contributed by atoms with Crippen molar-refractivity contribution in [1.82, 2.24) is 4.90 Å². The fraction of sp³-hybridized carbons (Fsp3) is 0.929. The molecule has 2 unspecified atom stereocenters. The van der Waals surface area contributed by atoms with Gasteiger partial charge in [-0.3, -0.25) is 9.69 Å². The zero-order valence-corrected chi connectivity index (χ0v) is 12.5. The summed E-state index contributed by atoms with van der Waals surface area (Å²) in [6, 6.07) is 0.591. The van der Waals surface area contributed by atoms with Crippen LogP contribution in [0.4, 0.5) is 0 Å². The molecule has 19 heavy (non-hydrogen) atoms. The minimum atomic E-state index is -0.893. The Morgan fingerprint density at radius 3 is 2.58 bits per heavy atom. The normalized spacial score (nSPS) is 20.3. The molecule has 1 rings (SSSR count). The second-order valence-corrected chi connectivity index (χ2v) is 5.99. The van der Waals surface area contributed by atoms with Gasteiger partial charge in [0.1, 0.15) is 0 Å². The summed E-state index contributed by atoms with van der Waals surface area (Å²) < 4.78 is 5.17. The first-order chi connectivity index (χ1) is 8.88. The number of hydrogen-bond acceptors (Lipinski definition) is 4. The smallest absolute Gasteiger partial charge is 0.237 e. The lowest BCUT2D eigenvalue weighted by molar-refractivity contribution is -0.122. The average Bonchev–Trinajstić information content (AvgIpc) is 3.16. The van der Waals surface area contributed by atoms with Crippen molar-refractivity contribution >= 4 is 5.91 Å². The molecule has 0 bridgehead atoms. The third kappa shape index (κ3) is 5.47. The molecule has 0 radical (unpaired) electrons. The van der Waals surface area contributed by atoms with Crippen molar-refractivity contribution < 1.29 is 9.53 Å².